The van der Waals surface area contributed by atoms with Crippen molar-refractivity contribution in [2.24, 2.45) is 0 Å². The van der Waals surface area contributed by atoms with Crippen molar-refractivity contribution in [1.82, 2.24) is 0 Å². The number of rotatable bonds is 9. The van der Waals surface area contributed by atoms with Gasteiger partial charge < -0.3 is 9.64 Å². The Morgan fingerprint density at radius 1 is 0.864 bits per heavy atom. The minimum atomic E-state index is 0.810. The molecule has 2 nitrogen and oxygen atoms in total. The van der Waals surface area contributed by atoms with Crippen molar-refractivity contribution >= 4 is 0 Å². The summed E-state index contributed by atoms with van der Waals surface area (Å²) in [6.07, 6.45) is 3.39. The normalized spacial score (nSPS) is 12.1. The van der Waals surface area contributed by atoms with E-state index in [1.807, 2.05) is 0 Å². The van der Waals surface area contributed by atoms with E-state index in [1.165, 1.54) is 24.1 Å². The summed E-state index contributed by atoms with van der Waals surface area (Å²) in [4.78, 5) is 1.55. The van der Waals surface area contributed by atoms with Gasteiger partial charge >= 0.3 is 0 Å². The number of hydrogen-bond acceptors (Lipinski definition) is 1. The zero-order valence-electron chi connectivity index (χ0n) is 13.8. The second-order valence-corrected chi connectivity index (χ2v) is 5.92. The van der Waals surface area contributed by atoms with Gasteiger partial charge in [0.15, 0.2) is 0 Å². The molecule has 1 unspecified atom stereocenters. The first kappa shape index (κ1) is 16.6. The van der Waals surface area contributed by atoms with E-state index in [9.17, 15) is 0 Å². The van der Waals surface area contributed by atoms with Gasteiger partial charge in [0.05, 0.1) is 20.2 Å². The molecule has 0 fully saturated rings. The average molecular weight is 298 g/mol. The van der Waals surface area contributed by atoms with E-state index < -0.39 is 0 Å². The van der Waals surface area contributed by atoms with Crippen LogP contribution in [0, 0.1) is 0 Å². The van der Waals surface area contributed by atoms with Gasteiger partial charge in [-0.2, -0.15) is 0 Å². The molecule has 0 aliphatic rings. The zero-order valence-corrected chi connectivity index (χ0v) is 13.8. The molecule has 0 amide bonds. The van der Waals surface area contributed by atoms with E-state index in [2.05, 4.69) is 68.6 Å². The number of quaternary nitrogens is 1. The summed E-state index contributed by atoms with van der Waals surface area (Å²) >= 11 is 0. The lowest BCUT2D eigenvalue weighted by Gasteiger charge is -2.14. The maximum atomic E-state index is 5.80. The van der Waals surface area contributed by atoms with Crippen LogP contribution in [0.2, 0.25) is 0 Å². The summed E-state index contributed by atoms with van der Waals surface area (Å²) in [6, 6.07) is 19.1. The van der Waals surface area contributed by atoms with Crippen molar-refractivity contribution < 1.29 is 9.64 Å². The number of unbranched alkanes of at least 4 members (excludes halogenated alkanes) is 1. The van der Waals surface area contributed by atoms with Gasteiger partial charge in [0.2, 0.25) is 0 Å². The summed E-state index contributed by atoms with van der Waals surface area (Å²) < 4.78 is 5.80. The van der Waals surface area contributed by atoms with Crippen molar-refractivity contribution in [3.8, 4) is 5.75 Å². The molecular weight excluding hydrogens is 270 g/mol. The third-order valence-electron chi connectivity index (χ3n) is 3.95. The Bertz CT molecular complexity index is 521. The second-order valence-electron chi connectivity index (χ2n) is 5.92. The van der Waals surface area contributed by atoms with E-state index in [0.29, 0.717) is 0 Å². The number of nitrogens with one attached hydrogen (secondary N) is 1. The molecule has 0 heterocycles. The van der Waals surface area contributed by atoms with E-state index in [1.54, 1.807) is 4.90 Å². The van der Waals surface area contributed by atoms with E-state index in [-0.39, 0.29) is 0 Å². The summed E-state index contributed by atoms with van der Waals surface area (Å²) in [5, 5.41) is 0. The number of ether oxygens (including phenoxy) is 1. The molecule has 0 saturated heterocycles. The first-order chi connectivity index (χ1) is 10.8. The van der Waals surface area contributed by atoms with Gasteiger partial charge in [0.1, 0.15) is 12.3 Å². The molecule has 2 rings (SSSR count). The van der Waals surface area contributed by atoms with Gasteiger partial charge in [0, 0.05) is 5.56 Å². The molecule has 1 N–H and O–H groups in total. The van der Waals surface area contributed by atoms with Gasteiger partial charge in [-0.15, -0.1) is 0 Å². The Kier molecular flexibility index (Phi) is 6.98. The molecule has 2 heteroatoms. The molecular formula is C20H28NO+. The third-order valence-corrected chi connectivity index (χ3v) is 3.95. The van der Waals surface area contributed by atoms with Crippen molar-refractivity contribution in [2.75, 3.05) is 20.2 Å². The molecule has 0 saturated carbocycles. The van der Waals surface area contributed by atoms with Crippen LogP contribution in [-0.4, -0.2) is 20.2 Å². The molecule has 0 aliphatic carbocycles. The molecule has 22 heavy (non-hydrogen) atoms. The van der Waals surface area contributed by atoms with E-state index >= 15 is 0 Å². The monoisotopic (exact) mass is 298 g/mol. The fraction of sp³-hybridized carbons (Fsp3) is 0.400. The summed E-state index contributed by atoms with van der Waals surface area (Å²) in [6.45, 7) is 5.27. The Morgan fingerprint density at radius 3 is 2.27 bits per heavy atom. The predicted molar refractivity (Wildman–Crippen MR) is 92.4 cm³/mol. The maximum absolute atomic E-state index is 5.80. The van der Waals surface area contributed by atoms with Gasteiger partial charge in [0.25, 0.3) is 0 Å². The van der Waals surface area contributed by atoms with Crippen LogP contribution < -0.4 is 9.64 Å². The number of aryl methyl sites for hydroxylation is 1. The lowest BCUT2D eigenvalue weighted by atomic mass is 10.2. The Hall–Kier alpha value is -1.80. The zero-order chi connectivity index (χ0) is 15.6. The highest BCUT2D eigenvalue weighted by Gasteiger charge is 2.03. The molecule has 1 atom stereocenters. The number of benzene rings is 2. The van der Waals surface area contributed by atoms with Gasteiger partial charge in [-0.25, -0.2) is 0 Å². The standard InChI is InChI=1S/C20H27NO/c1-3-18-11-13-20(14-12-18)22-16-8-7-15-21(2)17-19-9-5-4-6-10-19/h4-6,9-14H,3,7-8,15-17H2,1-2H3/p+1. The van der Waals surface area contributed by atoms with E-state index in [0.717, 1.165) is 31.7 Å². The fourth-order valence-electron chi connectivity index (χ4n) is 2.57. The summed E-state index contributed by atoms with van der Waals surface area (Å²) in [5.74, 6) is 0.988. The minimum Gasteiger partial charge on any atom is -0.494 e. The maximum Gasteiger partial charge on any atom is 0.119 e. The van der Waals surface area contributed by atoms with E-state index in [4.69, 9.17) is 4.74 Å². The van der Waals surface area contributed by atoms with Gasteiger partial charge in [-0.1, -0.05) is 49.4 Å². The first-order valence-corrected chi connectivity index (χ1v) is 8.35. The second kappa shape index (κ2) is 9.26. The molecule has 0 bridgehead atoms. The molecule has 118 valence electrons. The van der Waals surface area contributed by atoms with Gasteiger partial charge in [-0.05, 0) is 37.0 Å². The first-order valence-electron chi connectivity index (χ1n) is 8.35. The molecule has 0 aliphatic heterocycles. The van der Waals surface area contributed by atoms with Crippen LogP contribution in [0.1, 0.15) is 30.9 Å². The lowest BCUT2D eigenvalue weighted by molar-refractivity contribution is -0.894. The van der Waals surface area contributed by atoms with Crippen molar-refractivity contribution in [2.45, 2.75) is 32.7 Å². The van der Waals surface area contributed by atoms with Crippen molar-refractivity contribution in [3.05, 3.63) is 65.7 Å². The highest BCUT2D eigenvalue weighted by molar-refractivity contribution is 5.27. The SMILES string of the molecule is CCc1ccc(OCCCC[NH+](C)Cc2ccccc2)cc1. The average Bonchev–Trinajstić information content (AvgIpc) is 2.56. The smallest absolute Gasteiger partial charge is 0.119 e. The van der Waals surface area contributed by atoms with Crippen LogP contribution in [0.3, 0.4) is 0 Å². The minimum absolute atomic E-state index is 0.810. The fourth-order valence-corrected chi connectivity index (χ4v) is 2.57. The highest BCUT2D eigenvalue weighted by atomic mass is 16.5. The molecule has 2 aromatic carbocycles. The Balaban J connectivity index is 1.58. The molecule has 0 radical (unpaired) electrons. The summed E-state index contributed by atoms with van der Waals surface area (Å²) in [7, 11) is 2.26. The topological polar surface area (TPSA) is 13.7 Å². The highest BCUT2D eigenvalue weighted by Crippen LogP contribution is 2.12. The molecule has 2 aromatic rings. The quantitative estimate of drug-likeness (QED) is 0.702. The van der Waals surface area contributed by atoms with Gasteiger partial charge in [-0.3, -0.25) is 0 Å². The predicted octanol–water partition coefficient (Wildman–Crippen LogP) is 3.12. The molecule has 0 aromatic heterocycles. The van der Waals surface area contributed by atoms with Crippen LogP contribution in [0.25, 0.3) is 0 Å². The van der Waals surface area contributed by atoms with Crippen LogP contribution in [-0.2, 0) is 13.0 Å². The van der Waals surface area contributed by atoms with Crippen LogP contribution in [0.15, 0.2) is 54.6 Å². The van der Waals surface area contributed by atoms with Crippen molar-refractivity contribution in [1.29, 1.82) is 0 Å². The Morgan fingerprint density at radius 2 is 1.59 bits per heavy atom. The number of hydrogen-bond donors (Lipinski definition) is 1. The van der Waals surface area contributed by atoms with Crippen molar-refractivity contribution in [3.63, 3.8) is 0 Å². The largest absolute Gasteiger partial charge is 0.494 e. The third kappa shape index (κ3) is 5.90. The summed E-state index contributed by atoms with van der Waals surface area (Å²) in [5.41, 5.74) is 2.77. The molecule has 0 spiro atoms. The lowest BCUT2D eigenvalue weighted by Crippen LogP contribution is -3.07. The van der Waals surface area contributed by atoms with Crippen LogP contribution in [0.4, 0.5) is 0 Å². The Labute approximate surface area is 134 Å². The van der Waals surface area contributed by atoms with Crippen LogP contribution >= 0.6 is 0 Å². The van der Waals surface area contributed by atoms with Crippen LogP contribution in [0.5, 0.6) is 5.75 Å².